The number of hydrogen-bond acceptors (Lipinski definition) is 0. The topological polar surface area (TPSA) is 0 Å². The first-order valence-electron chi connectivity index (χ1n) is 11.6. The Balaban J connectivity index is 1.40. The van der Waals surface area contributed by atoms with Gasteiger partial charge in [0.05, 0.1) is 6.33 Å². The van der Waals surface area contributed by atoms with E-state index in [4.69, 9.17) is 0 Å². The van der Waals surface area contributed by atoms with Crippen LogP contribution in [0.25, 0.3) is 0 Å². The molecule has 1 heteroatoms. The fraction of sp³-hybridized carbons (Fsp3) is 0.840. The van der Waals surface area contributed by atoms with Crippen LogP contribution >= 0.6 is 0 Å². The molecular formula is C25H41F. The van der Waals surface area contributed by atoms with Crippen LogP contribution in [0.5, 0.6) is 0 Å². The highest BCUT2D eigenvalue weighted by Crippen LogP contribution is 2.43. The Kier molecular flexibility index (Phi) is 7.82. The van der Waals surface area contributed by atoms with Gasteiger partial charge in [0.1, 0.15) is 0 Å². The third-order valence-corrected chi connectivity index (χ3v) is 8.09. The maximum absolute atomic E-state index is 12.2. The Morgan fingerprint density at radius 2 is 1.38 bits per heavy atom. The van der Waals surface area contributed by atoms with Gasteiger partial charge in [0.25, 0.3) is 0 Å². The van der Waals surface area contributed by atoms with Crippen LogP contribution in [0.3, 0.4) is 0 Å². The zero-order valence-corrected chi connectivity index (χ0v) is 17.3. The van der Waals surface area contributed by atoms with Crippen LogP contribution in [-0.2, 0) is 0 Å². The molecule has 3 saturated carbocycles. The van der Waals surface area contributed by atoms with Gasteiger partial charge in [0.15, 0.2) is 0 Å². The fourth-order valence-electron chi connectivity index (χ4n) is 6.15. The summed E-state index contributed by atoms with van der Waals surface area (Å²) >= 11 is 0. The van der Waals surface area contributed by atoms with Crippen molar-refractivity contribution in [2.24, 2.45) is 35.5 Å². The predicted molar refractivity (Wildman–Crippen MR) is 111 cm³/mol. The Labute approximate surface area is 161 Å². The quantitative estimate of drug-likeness (QED) is 0.433. The van der Waals surface area contributed by atoms with Crippen LogP contribution < -0.4 is 0 Å². The van der Waals surface area contributed by atoms with Crippen molar-refractivity contribution < 1.29 is 4.39 Å². The molecule has 0 unspecified atom stereocenters. The van der Waals surface area contributed by atoms with Gasteiger partial charge >= 0.3 is 0 Å². The van der Waals surface area contributed by atoms with Gasteiger partial charge in [-0.25, -0.2) is 4.39 Å². The molecule has 3 aliphatic carbocycles. The smallest absolute Gasteiger partial charge is 0.0827 e. The molecular weight excluding hydrogens is 319 g/mol. The van der Waals surface area contributed by atoms with Gasteiger partial charge in [0.2, 0.25) is 0 Å². The van der Waals surface area contributed by atoms with E-state index in [1.807, 2.05) is 0 Å². The lowest BCUT2D eigenvalue weighted by atomic mass is 9.68. The summed E-state index contributed by atoms with van der Waals surface area (Å²) in [6.45, 7) is 4.83. The van der Waals surface area contributed by atoms with Crippen LogP contribution in [0.1, 0.15) is 97.3 Å². The summed E-state index contributed by atoms with van der Waals surface area (Å²) in [6.07, 6.45) is 23.0. The second-order valence-electron chi connectivity index (χ2n) is 9.92. The van der Waals surface area contributed by atoms with E-state index < -0.39 is 0 Å². The summed E-state index contributed by atoms with van der Waals surface area (Å²) in [4.78, 5) is 0. The summed E-state index contributed by atoms with van der Waals surface area (Å²) in [7, 11) is 0. The van der Waals surface area contributed by atoms with E-state index >= 15 is 0 Å². The monoisotopic (exact) mass is 360 g/mol. The number of halogens is 1. The molecule has 0 nitrogen and oxygen atoms in total. The molecule has 0 saturated heterocycles. The maximum atomic E-state index is 12.2. The predicted octanol–water partition coefficient (Wildman–Crippen LogP) is 8.25. The van der Waals surface area contributed by atoms with Crippen LogP contribution in [0, 0.1) is 35.5 Å². The summed E-state index contributed by atoms with van der Waals surface area (Å²) in [5, 5.41) is 0. The molecule has 0 aliphatic heterocycles. The molecule has 3 aliphatic rings. The van der Waals surface area contributed by atoms with E-state index in [-0.39, 0.29) is 0 Å². The van der Waals surface area contributed by atoms with Crippen molar-refractivity contribution in [3.05, 3.63) is 24.1 Å². The van der Waals surface area contributed by atoms with Crippen LogP contribution in [0.2, 0.25) is 0 Å². The number of allylic oxidation sites excluding steroid dienone is 3. The van der Waals surface area contributed by atoms with Crippen molar-refractivity contribution in [3.8, 4) is 0 Å². The zero-order valence-electron chi connectivity index (χ0n) is 17.3. The summed E-state index contributed by atoms with van der Waals surface area (Å²) < 4.78 is 12.2. The average Bonchev–Trinajstić information content (AvgIpc) is 2.68. The molecule has 0 aromatic heterocycles. The SMILES string of the molecule is CC(=CC1CCC(C2CCC(C/C=C/F)CC2)CC1)C1CCC(C)CC1. The number of rotatable bonds is 5. The van der Waals surface area contributed by atoms with Gasteiger partial charge in [-0.2, -0.15) is 0 Å². The molecule has 0 heterocycles. The van der Waals surface area contributed by atoms with Gasteiger partial charge in [-0.1, -0.05) is 37.5 Å². The van der Waals surface area contributed by atoms with Crippen molar-refractivity contribution in [1.82, 2.24) is 0 Å². The zero-order chi connectivity index (χ0) is 18.4. The van der Waals surface area contributed by atoms with Gasteiger partial charge in [-0.05, 0) is 113 Å². The Morgan fingerprint density at radius 1 is 0.808 bits per heavy atom. The molecule has 3 fully saturated rings. The highest BCUT2D eigenvalue weighted by atomic mass is 19.1. The van der Waals surface area contributed by atoms with E-state index in [0.717, 1.165) is 48.3 Å². The maximum Gasteiger partial charge on any atom is 0.0827 e. The van der Waals surface area contributed by atoms with E-state index in [1.54, 1.807) is 11.6 Å². The molecule has 0 aromatic rings. The molecule has 26 heavy (non-hydrogen) atoms. The van der Waals surface area contributed by atoms with Crippen LogP contribution in [-0.4, -0.2) is 0 Å². The number of hydrogen-bond donors (Lipinski definition) is 0. The molecule has 0 bridgehead atoms. The first-order chi connectivity index (χ1) is 12.7. The molecule has 0 atom stereocenters. The second kappa shape index (κ2) is 10.1. The molecule has 0 amide bonds. The lowest BCUT2D eigenvalue weighted by Gasteiger charge is -2.37. The minimum Gasteiger partial charge on any atom is -0.216 e. The van der Waals surface area contributed by atoms with Crippen LogP contribution in [0.15, 0.2) is 24.1 Å². The highest BCUT2D eigenvalue weighted by Gasteiger charge is 2.30. The third kappa shape index (κ3) is 5.70. The highest BCUT2D eigenvalue weighted by molar-refractivity contribution is 5.07. The summed E-state index contributed by atoms with van der Waals surface area (Å²) in [6, 6.07) is 0. The first kappa shape index (κ1) is 20.2. The fourth-order valence-corrected chi connectivity index (χ4v) is 6.15. The van der Waals surface area contributed by atoms with Crippen molar-refractivity contribution >= 4 is 0 Å². The molecule has 3 rings (SSSR count). The second-order valence-corrected chi connectivity index (χ2v) is 9.92. The molecule has 0 spiro atoms. The largest absolute Gasteiger partial charge is 0.216 e. The van der Waals surface area contributed by atoms with E-state index in [1.165, 1.54) is 77.0 Å². The van der Waals surface area contributed by atoms with Crippen LogP contribution in [0.4, 0.5) is 4.39 Å². The van der Waals surface area contributed by atoms with Gasteiger partial charge in [0, 0.05) is 0 Å². The van der Waals surface area contributed by atoms with Crippen molar-refractivity contribution in [1.29, 1.82) is 0 Å². The lowest BCUT2D eigenvalue weighted by molar-refractivity contribution is 0.156. The van der Waals surface area contributed by atoms with Gasteiger partial charge in [-0.15, -0.1) is 0 Å². The van der Waals surface area contributed by atoms with Crippen molar-refractivity contribution in [2.75, 3.05) is 0 Å². The minimum atomic E-state index is 0.733. The van der Waals surface area contributed by atoms with Crippen molar-refractivity contribution in [3.63, 3.8) is 0 Å². The Hall–Kier alpha value is -0.590. The summed E-state index contributed by atoms with van der Waals surface area (Å²) in [5.74, 6) is 5.39. The molecule has 148 valence electrons. The third-order valence-electron chi connectivity index (χ3n) is 8.09. The van der Waals surface area contributed by atoms with Gasteiger partial charge < -0.3 is 0 Å². The summed E-state index contributed by atoms with van der Waals surface area (Å²) in [5.41, 5.74) is 1.71. The minimum absolute atomic E-state index is 0.733. The Bertz CT molecular complexity index is 453. The van der Waals surface area contributed by atoms with E-state index in [2.05, 4.69) is 19.9 Å². The molecule has 0 aromatic carbocycles. The van der Waals surface area contributed by atoms with Crippen molar-refractivity contribution in [2.45, 2.75) is 97.3 Å². The van der Waals surface area contributed by atoms with E-state index in [0.29, 0.717) is 0 Å². The normalized spacial score (nSPS) is 40.0. The molecule has 0 N–H and O–H groups in total. The van der Waals surface area contributed by atoms with Gasteiger partial charge in [-0.3, -0.25) is 0 Å². The lowest BCUT2D eigenvalue weighted by Crippen LogP contribution is -2.25. The van der Waals surface area contributed by atoms with E-state index in [9.17, 15) is 4.39 Å². The standard InChI is InChI=1S/C25H41F/c1-19-5-11-23(12-6-19)20(2)18-22-9-15-25(16-10-22)24-13-7-21(8-14-24)4-3-17-26/h3,17-19,21-25H,4-16H2,1-2H3/b17-3+,20-18?. The Morgan fingerprint density at radius 3 is 1.96 bits per heavy atom. The molecule has 0 radical (unpaired) electrons. The average molecular weight is 361 g/mol. The first-order valence-corrected chi connectivity index (χ1v) is 11.6.